The van der Waals surface area contributed by atoms with Crippen molar-refractivity contribution in [2.75, 3.05) is 20.3 Å². The first-order valence-corrected chi connectivity index (χ1v) is 8.01. The predicted molar refractivity (Wildman–Crippen MR) is 95.2 cm³/mol. The number of amides is 2. The molecule has 2 amide bonds. The Kier molecular flexibility index (Phi) is 5.96. The van der Waals surface area contributed by atoms with Gasteiger partial charge in [-0.3, -0.25) is 14.5 Å². The average Bonchev–Trinajstić information content (AvgIpc) is 2.81. The third-order valence-corrected chi connectivity index (χ3v) is 4.21. The summed E-state index contributed by atoms with van der Waals surface area (Å²) >= 11 is 7.04. The van der Waals surface area contributed by atoms with Gasteiger partial charge in [0.05, 0.1) is 23.6 Å². The highest BCUT2D eigenvalue weighted by Crippen LogP contribution is 2.38. The van der Waals surface area contributed by atoms with Crippen LogP contribution in [-0.4, -0.2) is 36.3 Å². The van der Waals surface area contributed by atoms with Gasteiger partial charge in [-0.25, -0.2) is 0 Å². The van der Waals surface area contributed by atoms with Crippen LogP contribution >= 0.6 is 23.4 Å². The fourth-order valence-corrected chi connectivity index (χ4v) is 3.10. The molecule has 0 unspecified atom stereocenters. The molecule has 5 nitrogen and oxygen atoms in total. The highest BCUT2D eigenvalue weighted by Gasteiger charge is 2.34. The van der Waals surface area contributed by atoms with E-state index in [9.17, 15) is 9.59 Å². The van der Waals surface area contributed by atoms with Crippen molar-refractivity contribution < 1.29 is 19.1 Å². The van der Waals surface area contributed by atoms with Crippen molar-refractivity contribution in [2.45, 2.75) is 0 Å². The molecule has 0 spiro atoms. The molecule has 0 N–H and O–H groups in total. The maximum absolute atomic E-state index is 12.2. The Morgan fingerprint density at radius 1 is 1.46 bits per heavy atom. The minimum Gasteiger partial charge on any atom is -0.493 e. The van der Waals surface area contributed by atoms with Gasteiger partial charge in [-0.2, -0.15) is 0 Å². The lowest BCUT2D eigenvalue weighted by molar-refractivity contribution is -0.122. The first-order chi connectivity index (χ1) is 11.5. The van der Waals surface area contributed by atoms with E-state index in [4.69, 9.17) is 27.5 Å². The lowest BCUT2D eigenvalue weighted by Crippen LogP contribution is -2.28. The third kappa shape index (κ3) is 3.75. The van der Waals surface area contributed by atoms with E-state index in [1.807, 2.05) is 0 Å². The monoisotopic (exact) mass is 363 g/mol. The summed E-state index contributed by atoms with van der Waals surface area (Å²) < 4.78 is 10.7. The number of hydrogen-bond acceptors (Lipinski definition) is 5. The number of halogens is 1. The molecule has 1 aromatic rings. The quantitative estimate of drug-likeness (QED) is 0.439. The van der Waals surface area contributed by atoms with Crippen LogP contribution in [0.1, 0.15) is 5.56 Å². The van der Waals surface area contributed by atoms with Crippen LogP contribution in [0.25, 0.3) is 6.08 Å². The van der Waals surface area contributed by atoms with Crippen molar-refractivity contribution in [3.8, 4) is 23.8 Å². The topological polar surface area (TPSA) is 55.8 Å². The molecular formula is C17H14ClNO4S. The lowest BCUT2D eigenvalue weighted by atomic mass is 10.1. The van der Waals surface area contributed by atoms with Gasteiger partial charge in [-0.15, -0.1) is 6.42 Å². The van der Waals surface area contributed by atoms with Crippen LogP contribution in [0.3, 0.4) is 0 Å². The molecule has 1 saturated heterocycles. The number of nitrogens with zero attached hydrogens (tertiary/aromatic N) is 1. The summed E-state index contributed by atoms with van der Waals surface area (Å²) in [6, 6.07) is 3.29. The van der Waals surface area contributed by atoms with Crippen LogP contribution in [0.5, 0.6) is 11.5 Å². The summed E-state index contributed by atoms with van der Waals surface area (Å²) in [5.74, 6) is 2.66. The van der Waals surface area contributed by atoms with Crippen molar-refractivity contribution in [3.63, 3.8) is 0 Å². The Morgan fingerprint density at radius 2 is 2.21 bits per heavy atom. The average molecular weight is 364 g/mol. The van der Waals surface area contributed by atoms with Crippen LogP contribution < -0.4 is 9.47 Å². The van der Waals surface area contributed by atoms with E-state index in [1.54, 1.807) is 24.3 Å². The summed E-state index contributed by atoms with van der Waals surface area (Å²) in [7, 11) is 1.48. The van der Waals surface area contributed by atoms with Gasteiger partial charge in [-0.05, 0) is 35.5 Å². The molecule has 1 aliphatic heterocycles. The van der Waals surface area contributed by atoms with Crippen LogP contribution in [0.15, 0.2) is 29.7 Å². The molecule has 0 radical (unpaired) electrons. The van der Waals surface area contributed by atoms with E-state index in [-0.39, 0.29) is 18.1 Å². The van der Waals surface area contributed by atoms with Gasteiger partial charge in [0.1, 0.15) is 6.61 Å². The first kappa shape index (κ1) is 18.0. The van der Waals surface area contributed by atoms with Crippen LogP contribution in [-0.2, 0) is 4.79 Å². The third-order valence-electron chi connectivity index (χ3n) is 3.02. The van der Waals surface area contributed by atoms with Gasteiger partial charge in [0.2, 0.25) is 0 Å². The van der Waals surface area contributed by atoms with Crippen molar-refractivity contribution >= 4 is 40.6 Å². The Balaban J connectivity index is 2.35. The minimum atomic E-state index is -0.426. The summed E-state index contributed by atoms with van der Waals surface area (Å²) in [4.78, 5) is 25.2. The molecule has 124 valence electrons. The van der Waals surface area contributed by atoms with Gasteiger partial charge in [0, 0.05) is 0 Å². The van der Waals surface area contributed by atoms with E-state index < -0.39 is 11.1 Å². The summed E-state index contributed by atoms with van der Waals surface area (Å²) in [6.45, 7) is 3.80. The highest BCUT2D eigenvalue weighted by atomic mass is 35.5. The van der Waals surface area contributed by atoms with Gasteiger partial charge < -0.3 is 9.47 Å². The molecule has 0 saturated carbocycles. The van der Waals surface area contributed by atoms with Crippen molar-refractivity contribution in [2.24, 2.45) is 0 Å². The lowest BCUT2D eigenvalue weighted by Gasteiger charge is -2.12. The van der Waals surface area contributed by atoms with E-state index in [0.29, 0.717) is 22.1 Å². The van der Waals surface area contributed by atoms with Crippen molar-refractivity contribution in [3.05, 3.63) is 40.3 Å². The van der Waals surface area contributed by atoms with E-state index in [2.05, 4.69) is 12.5 Å². The normalized spacial score (nSPS) is 15.5. The fourth-order valence-electron chi connectivity index (χ4n) is 1.98. The van der Waals surface area contributed by atoms with Crippen LogP contribution in [0, 0.1) is 12.3 Å². The second-order valence-corrected chi connectivity index (χ2v) is 6.01. The molecule has 0 bridgehead atoms. The SMILES string of the molecule is C#CCN1C(=O)S/C(=C\c2cc(Cl)c(OCC=C)c(OC)c2)C1=O. The highest BCUT2D eigenvalue weighted by molar-refractivity contribution is 8.18. The second-order valence-electron chi connectivity index (χ2n) is 4.61. The second kappa shape index (κ2) is 7.95. The number of carbonyl (C=O) groups excluding carboxylic acids is 2. The molecule has 24 heavy (non-hydrogen) atoms. The van der Waals surface area contributed by atoms with E-state index >= 15 is 0 Å². The maximum atomic E-state index is 12.2. The predicted octanol–water partition coefficient (Wildman–Crippen LogP) is 3.58. The van der Waals surface area contributed by atoms with Gasteiger partial charge in [0.15, 0.2) is 11.5 Å². The summed E-state index contributed by atoms with van der Waals surface area (Å²) in [6.07, 6.45) is 8.32. The number of carbonyl (C=O) groups is 2. The maximum Gasteiger partial charge on any atom is 0.294 e. The minimum absolute atomic E-state index is 0.0551. The molecule has 0 atom stereocenters. The first-order valence-electron chi connectivity index (χ1n) is 6.81. The molecule has 1 aromatic carbocycles. The molecule has 7 heteroatoms. The molecular weight excluding hydrogens is 350 g/mol. The van der Waals surface area contributed by atoms with E-state index in [1.165, 1.54) is 7.11 Å². The zero-order valence-corrected chi connectivity index (χ0v) is 14.4. The Hall–Kier alpha value is -2.36. The molecule has 1 fully saturated rings. The number of terminal acetylenes is 1. The van der Waals surface area contributed by atoms with Crippen molar-refractivity contribution in [1.82, 2.24) is 4.90 Å². The standard InChI is InChI=1S/C17H14ClNO4S/c1-4-6-19-16(20)14(24-17(19)21)10-11-8-12(18)15(23-7-5-2)13(9-11)22-3/h1,5,8-10H,2,6-7H2,3H3/b14-10-. The largest absolute Gasteiger partial charge is 0.493 e. The van der Waals surface area contributed by atoms with Gasteiger partial charge in [0.25, 0.3) is 11.1 Å². The number of rotatable bonds is 6. The molecule has 2 rings (SSSR count). The van der Waals surface area contributed by atoms with Gasteiger partial charge in [-0.1, -0.05) is 30.2 Å². The zero-order chi connectivity index (χ0) is 17.7. The number of imide groups is 1. The molecule has 1 aliphatic rings. The molecule has 1 heterocycles. The Morgan fingerprint density at radius 3 is 2.83 bits per heavy atom. The van der Waals surface area contributed by atoms with Crippen LogP contribution in [0.4, 0.5) is 4.79 Å². The fraction of sp³-hybridized carbons (Fsp3) is 0.176. The summed E-state index contributed by atoms with van der Waals surface area (Å²) in [5, 5.41) is -0.0708. The van der Waals surface area contributed by atoms with Crippen LogP contribution in [0.2, 0.25) is 5.02 Å². The van der Waals surface area contributed by atoms with Gasteiger partial charge >= 0.3 is 0 Å². The molecule has 0 aromatic heterocycles. The zero-order valence-electron chi connectivity index (χ0n) is 12.9. The Bertz CT molecular complexity index is 767. The van der Waals surface area contributed by atoms with E-state index in [0.717, 1.165) is 16.7 Å². The Labute approximate surface area is 149 Å². The number of thioether (sulfide) groups is 1. The summed E-state index contributed by atoms with van der Waals surface area (Å²) in [5.41, 5.74) is 0.606. The number of hydrogen-bond donors (Lipinski definition) is 0. The molecule has 0 aliphatic carbocycles. The number of ether oxygens (including phenoxy) is 2. The number of benzene rings is 1. The number of methoxy groups -OCH3 is 1. The smallest absolute Gasteiger partial charge is 0.294 e. The van der Waals surface area contributed by atoms with Crippen molar-refractivity contribution in [1.29, 1.82) is 0 Å².